The third kappa shape index (κ3) is 2.79. The first-order valence-electron chi connectivity index (χ1n) is 8.38. The Morgan fingerprint density at radius 1 is 1.48 bits per heavy atom. The largest absolute Gasteiger partial charge is 0.354 e. The predicted molar refractivity (Wildman–Crippen MR) is 80.5 cm³/mol. The quantitative estimate of drug-likeness (QED) is 0.761. The maximum atomic E-state index is 11.9. The number of likely N-dealkylation sites (tertiary alicyclic amines) is 1. The summed E-state index contributed by atoms with van der Waals surface area (Å²) < 4.78 is 0. The molecule has 0 bridgehead atoms. The van der Waals surface area contributed by atoms with Crippen molar-refractivity contribution in [1.29, 1.82) is 5.26 Å². The minimum absolute atomic E-state index is 0.139. The van der Waals surface area contributed by atoms with Crippen molar-refractivity contribution in [3.8, 4) is 6.07 Å². The number of nitrogens with zero attached hydrogens (tertiary/aromatic N) is 2. The molecular weight excluding hydrogens is 264 g/mol. The summed E-state index contributed by atoms with van der Waals surface area (Å²) in [6.45, 7) is 5.56. The third-order valence-electron chi connectivity index (χ3n) is 5.33. The SMILES string of the molecule is CCCNC(C#N)(CN1CCCC2C(=O)NCC21)C1CC1. The fraction of sp³-hybridized carbons (Fsp3) is 0.875. The average Bonchev–Trinajstić information content (AvgIpc) is 3.29. The molecule has 2 saturated heterocycles. The van der Waals surface area contributed by atoms with Crippen molar-refractivity contribution in [1.82, 2.24) is 15.5 Å². The molecule has 1 aliphatic carbocycles. The number of hydrogen-bond donors (Lipinski definition) is 2. The van der Waals surface area contributed by atoms with Gasteiger partial charge in [0.05, 0.1) is 12.0 Å². The van der Waals surface area contributed by atoms with Gasteiger partial charge in [-0.15, -0.1) is 0 Å². The molecule has 0 aromatic carbocycles. The van der Waals surface area contributed by atoms with Gasteiger partial charge in [0.1, 0.15) is 5.54 Å². The Bertz CT molecular complexity index is 442. The Kier molecular flexibility index (Phi) is 4.19. The molecule has 3 fully saturated rings. The van der Waals surface area contributed by atoms with Crippen LogP contribution in [0.3, 0.4) is 0 Å². The molecular formula is C16H26N4O. The van der Waals surface area contributed by atoms with Crippen LogP contribution in [-0.4, -0.2) is 48.6 Å². The van der Waals surface area contributed by atoms with E-state index < -0.39 is 5.54 Å². The highest BCUT2D eigenvalue weighted by atomic mass is 16.2. The minimum atomic E-state index is -0.413. The zero-order valence-electron chi connectivity index (χ0n) is 12.9. The first-order chi connectivity index (χ1) is 10.2. The van der Waals surface area contributed by atoms with Crippen LogP contribution < -0.4 is 10.6 Å². The average molecular weight is 290 g/mol. The molecule has 3 aliphatic rings. The van der Waals surface area contributed by atoms with Crippen molar-refractivity contribution in [2.45, 2.75) is 50.6 Å². The molecule has 1 saturated carbocycles. The van der Waals surface area contributed by atoms with Crippen molar-refractivity contribution < 1.29 is 4.79 Å². The molecule has 0 aromatic rings. The molecule has 0 radical (unpaired) electrons. The van der Waals surface area contributed by atoms with Crippen molar-refractivity contribution in [3.63, 3.8) is 0 Å². The standard InChI is InChI=1S/C16H26N4O/c1-2-7-19-16(10-17,12-5-6-12)11-20-8-3-4-13-14(20)9-18-15(13)21/h12-14,19H,2-9,11H2,1H3,(H,18,21). The summed E-state index contributed by atoms with van der Waals surface area (Å²) in [7, 11) is 0. The smallest absolute Gasteiger partial charge is 0.224 e. The van der Waals surface area contributed by atoms with Gasteiger partial charge >= 0.3 is 0 Å². The molecule has 2 aliphatic heterocycles. The van der Waals surface area contributed by atoms with E-state index in [1.54, 1.807) is 0 Å². The molecule has 3 unspecified atom stereocenters. The van der Waals surface area contributed by atoms with Crippen LogP contribution in [0.4, 0.5) is 0 Å². The van der Waals surface area contributed by atoms with Gasteiger partial charge in [-0.05, 0) is 51.1 Å². The van der Waals surface area contributed by atoms with Crippen LogP contribution in [-0.2, 0) is 4.79 Å². The summed E-state index contributed by atoms with van der Waals surface area (Å²) in [5.41, 5.74) is -0.413. The molecule has 5 nitrogen and oxygen atoms in total. The summed E-state index contributed by atoms with van der Waals surface area (Å²) in [6.07, 6.45) is 5.42. The zero-order chi connectivity index (χ0) is 14.9. The van der Waals surface area contributed by atoms with Gasteiger partial charge in [-0.2, -0.15) is 5.26 Å². The van der Waals surface area contributed by atoms with E-state index in [-0.39, 0.29) is 11.8 Å². The highest BCUT2D eigenvalue weighted by Gasteiger charge is 2.49. The maximum absolute atomic E-state index is 11.9. The van der Waals surface area contributed by atoms with Crippen LogP contribution in [0, 0.1) is 23.2 Å². The second kappa shape index (κ2) is 5.94. The number of carbonyl (C=O) groups excluding carboxylic acids is 1. The van der Waals surface area contributed by atoms with Gasteiger partial charge in [0.25, 0.3) is 0 Å². The molecule has 116 valence electrons. The summed E-state index contributed by atoms with van der Waals surface area (Å²) in [5.74, 6) is 0.834. The predicted octanol–water partition coefficient (Wildman–Crippen LogP) is 0.869. The van der Waals surface area contributed by atoms with E-state index in [1.807, 2.05) is 0 Å². The van der Waals surface area contributed by atoms with Crippen molar-refractivity contribution in [2.24, 2.45) is 11.8 Å². The fourth-order valence-corrected chi connectivity index (χ4v) is 3.98. The molecule has 0 aromatic heterocycles. The van der Waals surface area contributed by atoms with E-state index in [2.05, 4.69) is 28.5 Å². The van der Waals surface area contributed by atoms with Crippen molar-refractivity contribution in [2.75, 3.05) is 26.2 Å². The van der Waals surface area contributed by atoms with E-state index in [4.69, 9.17) is 0 Å². The van der Waals surface area contributed by atoms with E-state index >= 15 is 0 Å². The molecule has 0 spiro atoms. The molecule has 2 N–H and O–H groups in total. The van der Waals surface area contributed by atoms with Gasteiger partial charge in [-0.1, -0.05) is 6.92 Å². The Hall–Kier alpha value is -1.12. The van der Waals surface area contributed by atoms with E-state index in [0.29, 0.717) is 12.0 Å². The number of nitrogens with one attached hydrogen (secondary N) is 2. The van der Waals surface area contributed by atoms with Gasteiger partial charge in [0.15, 0.2) is 0 Å². The first kappa shape index (κ1) is 14.8. The van der Waals surface area contributed by atoms with E-state index in [9.17, 15) is 10.1 Å². The maximum Gasteiger partial charge on any atom is 0.224 e. The van der Waals surface area contributed by atoms with E-state index in [1.165, 1.54) is 0 Å². The van der Waals surface area contributed by atoms with Crippen molar-refractivity contribution >= 4 is 5.91 Å². The van der Waals surface area contributed by atoms with Gasteiger partial charge in [-0.3, -0.25) is 15.0 Å². The number of amides is 1. The lowest BCUT2D eigenvalue weighted by Gasteiger charge is -2.41. The van der Waals surface area contributed by atoms with Gasteiger partial charge in [-0.25, -0.2) is 0 Å². The minimum Gasteiger partial charge on any atom is -0.354 e. The summed E-state index contributed by atoms with van der Waals surface area (Å²) >= 11 is 0. The molecule has 1 amide bonds. The van der Waals surface area contributed by atoms with E-state index in [0.717, 1.165) is 58.3 Å². The second-order valence-electron chi connectivity index (χ2n) is 6.82. The Morgan fingerprint density at radius 3 is 2.95 bits per heavy atom. The molecule has 2 heterocycles. The number of nitriles is 1. The lowest BCUT2D eigenvalue weighted by Crippen LogP contribution is -2.59. The Balaban J connectivity index is 1.73. The number of fused-ring (bicyclic) bond motifs is 1. The lowest BCUT2D eigenvalue weighted by molar-refractivity contribution is -0.124. The molecule has 21 heavy (non-hydrogen) atoms. The van der Waals surface area contributed by atoms with Crippen LogP contribution in [0.15, 0.2) is 0 Å². The molecule has 3 atom stereocenters. The third-order valence-corrected chi connectivity index (χ3v) is 5.33. The van der Waals surface area contributed by atoms with Gasteiger partial charge < -0.3 is 5.32 Å². The first-order valence-corrected chi connectivity index (χ1v) is 8.38. The normalized spacial score (nSPS) is 32.1. The number of carbonyl (C=O) groups is 1. The van der Waals surface area contributed by atoms with Crippen LogP contribution in [0.2, 0.25) is 0 Å². The van der Waals surface area contributed by atoms with Crippen LogP contribution >= 0.6 is 0 Å². The number of piperidine rings is 1. The second-order valence-corrected chi connectivity index (χ2v) is 6.82. The summed E-state index contributed by atoms with van der Waals surface area (Å²) in [5, 5.41) is 16.3. The Labute approximate surface area is 127 Å². The highest BCUT2D eigenvalue weighted by Crippen LogP contribution is 2.41. The highest BCUT2D eigenvalue weighted by molar-refractivity contribution is 5.82. The summed E-state index contributed by atoms with van der Waals surface area (Å²) in [4.78, 5) is 14.3. The van der Waals surface area contributed by atoms with Crippen molar-refractivity contribution in [3.05, 3.63) is 0 Å². The van der Waals surface area contributed by atoms with Crippen LogP contribution in [0.1, 0.15) is 39.0 Å². The topological polar surface area (TPSA) is 68.2 Å². The fourth-order valence-electron chi connectivity index (χ4n) is 3.98. The number of hydrogen-bond acceptors (Lipinski definition) is 4. The van der Waals surface area contributed by atoms with Crippen LogP contribution in [0.5, 0.6) is 0 Å². The van der Waals surface area contributed by atoms with Crippen LogP contribution in [0.25, 0.3) is 0 Å². The zero-order valence-corrected chi connectivity index (χ0v) is 12.9. The summed E-state index contributed by atoms with van der Waals surface area (Å²) in [6, 6.07) is 2.89. The lowest BCUT2D eigenvalue weighted by atomic mass is 9.87. The Morgan fingerprint density at radius 2 is 2.29 bits per heavy atom. The molecule has 3 rings (SSSR count). The molecule has 5 heteroatoms. The van der Waals surface area contributed by atoms with Gasteiger partial charge in [0, 0.05) is 19.1 Å². The van der Waals surface area contributed by atoms with Gasteiger partial charge in [0.2, 0.25) is 5.91 Å². The number of rotatable bonds is 6. The monoisotopic (exact) mass is 290 g/mol.